The van der Waals surface area contributed by atoms with E-state index < -0.39 is 0 Å². The van der Waals surface area contributed by atoms with Crippen molar-refractivity contribution < 1.29 is 0 Å². The molecular formula is C9H18N2. The van der Waals surface area contributed by atoms with Crippen molar-refractivity contribution in [1.29, 1.82) is 0 Å². The molecule has 0 unspecified atom stereocenters. The van der Waals surface area contributed by atoms with Crippen LogP contribution in [0.3, 0.4) is 0 Å². The zero-order valence-corrected chi connectivity index (χ0v) is 8.18. The molecule has 0 atom stereocenters. The van der Waals surface area contributed by atoms with Crippen molar-refractivity contribution in [3.63, 3.8) is 0 Å². The molecule has 2 heteroatoms. The van der Waals surface area contributed by atoms with Gasteiger partial charge in [0, 0.05) is 11.4 Å². The fourth-order valence-corrected chi connectivity index (χ4v) is 0.243. The molecule has 0 amide bonds. The molecule has 0 aromatic carbocycles. The lowest BCUT2D eigenvalue weighted by Crippen LogP contribution is -1.79. The van der Waals surface area contributed by atoms with Crippen molar-refractivity contribution in [2.24, 2.45) is 9.98 Å². The van der Waals surface area contributed by atoms with Gasteiger partial charge < -0.3 is 0 Å². The minimum atomic E-state index is 0.778. The summed E-state index contributed by atoms with van der Waals surface area (Å²) in [6.07, 6.45) is 1.51. The van der Waals surface area contributed by atoms with Crippen molar-refractivity contribution in [2.75, 3.05) is 0 Å². The van der Waals surface area contributed by atoms with Gasteiger partial charge in [-0.25, -0.2) is 9.98 Å². The molecule has 0 aliphatic heterocycles. The van der Waals surface area contributed by atoms with Gasteiger partial charge in [0.25, 0.3) is 0 Å². The average molecular weight is 154 g/mol. The van der Waals surface area contributed by atoms with Gasteiger partial charge >= 0.3 is 0 Å². The third kappa shape index (κ3) is 17.6. The summed E-state index contributed by atoms with van der Waals surface area (Å²) in [5.41, 5.74) is 1.78. The Morgan fingerprint density at radius 1 is 1.18 bits per heavy atom. The highest BCUT2D eigenvalue weighted by Crippen LogP contribution is 1.84. The highest BCUT2D eigenvalue weighted by Gasteiger charge is 1.72. The Kier molecular flexibility index (Phi) is 10.5. The fraction of sp³-hybridized carbons (Fsp3) is 0.556. The minimum Gasteiger partial charge on any atom is -0.246 e. The lowest BCUT2D eigenvalue weighted by atomic mass is 10.5. The van der Waals surface area contributed by atoms with Gasteiger partial charge in [0.1, 0.15) is 6.34 Å². The van der Waals surface area contributed by atoms with Crippen LogP contribution in [0.15, 0.2) is 22.3 Å². The third-order valence-electron chi connectivity index (χ3n) is 0.594. The molecule has 0 aromatic heterocycles. The Balaban J connectivity index is 0. The first-order valence-electron chi connectivity index (χ1n) is 3.82. The minimum absolute atomic E-state index is 0.778. The number of rotatable bonds is 2. The average Bonchev–Trinajstić information content (AvgIpc) is 1.90. The SMILES string of the molecule is C=C(C)N=CN=C(C)C.CC. The van der Waals surface area contributed by atoms with E-state index in [1.165, 1.54) is 6.34 Å². The Morgan fingerprint density at radius 3 is 1.91 bits per heavy atom. The van der Waals surface area contributed by atoms with E-state index in [1.807, 2.05) is 34.6 Å². The molecule has 0 aromatic rings. The summed E-state index contributed by atoms with van der Waals surface area (Å²) < 4.78 is 0. The summed E-state index contributed by atoms with van der Waals surface area (Å²) in [7, 11) is 0. The molecule has 0 N–H and O–H groups in total. The van der Waals surface area contributed by atoms with Gasteiger partial charge in [-0.05, 0) is 20.8 Å². The van der Waals surface area contributed by atoms with Crippen molar-refractivity contribution in [3.8, 4) is 0 Å². The smallest absolute Gasteiger partial charge is 0.115 e. The highest BCUT2D eigenvalue weighted by molar-refractivity contribution is 5.86. The molecule has 11 heavy (non-hydrogen) atoms. The van der Waals surface area contributed by atoms with Crippen LogP contribution in [-0.2, 0) is 0 Å². The van der Waals surface area contributed by atoms with Crippen LogP contribution in [0.2, 0.25) is 0 Å². The summed E-state index contributed by atoms with van der Waals surface area (Å²) in [5, 5.41) is 0. The van der Waals surface area contributed by atoms with E-state index in [-0.39, 0.29) is 0 Å². The van der Waals surface area contributed by atoms with E-state index in [2.05, 4.69) is 16.6 Å². The predicted molar refractivity (Wildman–Crippen MR) is 53.4 cm³/mol. The fourth-order valence-electron chi connectivity index (χ4n) is 0.243. The molecule has 0 spiro atoms. The zero-order valence-electron chi connectivity index (χ0n) is 8.18. The lowest BCUT2D eigenvalue weighted by Gasteiger charge is -1.83. The predicted octanol–water partition coefficient (Wildman–Crippen LogP) is 3.06. The Labute approximate surface area is 69.8 Å². The maximum absolute atomic E-state index is 3.93. The largest absolute Gasteiger partial charge is 0.246 e. The van der Waals surface area contributed by atoms with Crippen LogP contribution < -0.4 is 0 Å². The molecule has 0 fully saturated rings. The van der Waals surface area contributed by atoms with Crippen LogP contribution in [0.4, 0.5) is 0 Å². The summed E-state index contributed by atoms with van der Waals surface area (Å²) in [5.74, 6) is 0. The second-order valence-corrected chi connectivity index (χ2v) is 2.06. The number of aliphatic imine (C=N–C) groups is 2. The molecule has 64 valence electrons. The van der Waals surface area contributed by atoms with Crippen LogP contribution in [0.5, 0.6) is 0 Å². The highest BCUT2D eigenvalue weighted by atomic mass is 14.9. The van der Waals surface area contributed by atoms with Crippen LogP contribution in [-0.4, -0.2) is 12.1 Å². The zero-order chi connectivity index (χ0) is 9.28. The number of hydrogen-bond donors (Lipinski definition) is 0. The first-order chi connectivity index (χ1) is 5.13. The third-order valence-corrected chi connectivity index (χ3v) is 0.594. The molecule has 0 saturated heterocycles. The van der Waals surface area contributed by atoms with E-state index in [1.54, 1.807) is 0 Å². The van der Waals surface area contributed by atoms with Crippen LogP contribution in [0.1, 0.15) is 34.6 Å². The maximum Gasteiger partial charge on any atom is 0.115 e. The van der Waals surface area contributed by atoms with Gasteiger partial charge in [-0.2, -0.15) is 0 Å². The molecule has 0 heterocycles. The van der Waals surface area contributed by atoms with Crippen molar-refractivity contribution in [2.45, 2.75) is 34.6 Å². The van der Waals surface area contributed by atoms with Crippen LogP contribution in [0, 0.1) is 0 Å². The van der Waals surface area contributed by atoms with Crippen molar-refractivity contribution in [1.82, 2.24) is 0 Å². The Hall–Kier alpha value is -0.920. The summed E-state index contributed by atoms with van der Waals surface area (Å²) >= 11 is 0. The maximum atomic E-state index is 3.93. The van der Waals surface area contributed by atoms with Crippen LogP contribution >= 0.6 is 0 Å². The molecular weight excluding hydrogens is 136 g/mol. The Morgan fingerprint density at radius 2 is 1.64 bits per heavy atom. The monoisotopic (exact) mass is 154 g/mol. The normalized spacial score (nSPS) is 8.45. The number of nitrogens with zero attached hydrogens (tertiary/aromatic N) is 2. The van der Waals surface area contributed by atoms with Gasteiger partial charge in [0.15, 0.2) is 0 Å². The second kappa shape index (κ2) is 9.08. The quantitative estimate of drug-likeness (QED) is 0.431. The van der Waals surface area contributed by atoms with Crippen LogP contribution in [0.25, 0.3) is 0 Å². The standard InChI is InChI=1S/C7H12N2.C2H6/c1-6(2)8-5-9-7(3)4;1-2/h5H,1H2,2-4H3;1-2H3. The van der Waals surface area contributed by atoms with Gasteiger partial charge in [-0.15, -0.1) is 0 Å². The molecule has 0 aliphatic rings. The van der Waals surface area contributed by atoms with Gasteiger partial charge in [0.2, 0.25) is 0 Å². The molecule has 0 saturated carbocycles. The molecule has 0 bridgehead atoms. The van der Waals surface area contributed by atoms with E-state index in [0.717, 1.165) is 11.4 Å². The van der Waals surface area contributed by atoms with E-state index in [4.69, 9.17) is 0 Å². The summed E-state index contributed by atoms with van der Waals surface area (Å²) in [6, 6.07) is 0. The first-order valence-corrected chi connectivity index (χ1v) is 3.82. The van der Waals surface area contributed by atoms with Gasteiger partial charge in [-0.1, -0.05) is 20.4 Å². The Bertz CT molecular complexity index is 151. The van der Waals surface area contributed by atoms with E-state index in [9.17, 15) is 0 Å². The topological polar surface area (TPSA) is 24.7 Å². The molecule has 0 radical (unpaired) electrons. The van der Waals surface area contributed by atoms with Crippen molar-refractivity contribution in [3.05, 3.63) is 12.3 Å². The number of hydrogen-bond acceptors (Lipinski definition) is 1. The lowest BCUT2D eigenvalue weighted by molar-refractivity contribution is 1.33. The summed E-state index contributed by atoms with van der Waals surface area (Å²) in [6.45, 7) is 13.3. The molecule has 0 rings (SSSR count). The van der Waals surface area contributed by atoms with Crippen molar-refractivity contribution >= 4 is 12.1 Å². The van der Waals surface area contributed by atoms with Gasteiger partial charge in [0.05, 0.1) is 0 Å². The number of allylic oxidation sites excluding steroid dienone is 1. The first kappa shape index (κ1) is 12.7. The van der Waals surface area contributed by atoms with E-state index >= 15 is 0 Å². The second-order valence-electron chi connectivity index (χ2n) is 2.06. The van der Waals surface area contributed by atoms with E-state index in [0.29, 0.717) is 0 Å². The molecule has 0 aliphatic carbocycles. The summed E-state index contributed by atoms with van der Waals surface area (Å²) in [4.78, 5) is 7.79. The van der Waals surface area contributed by atoms with Gasteiger partial charge in [-0.3, -0.25) is 0 Å². The molecule has 2 nitrogen and oxygen atoms in total.